The smallest absolute Gasteiger partial charge is 0.232 e. The van der Waals surface area contributed by atoms with Gasteiger partial charge in [0.25, 0.3) is 0 Å². The first kappa shape index (κ1) is 14.1. The number of aryl methyl sites for hydroxylation is 1. The van der Waals surface area contributed by atoms with Crippen LogP contribution in [0.5, 0.6) is 0 Å². The quantitative estimate of drug-likeness (QED) is 0.742. The van der Waals surface area contributed by atoms with Crippen molar-refractivity contribution < 1.29 is 9.32 Å². The summed E-state index contributed by atoms with van der Waals surface area (Å²) < 4.78 is 5.03. The number of aromatic nitrogens is 2. The van der Waals surface area contributed by atoms with Gasteiger partial charge >= 0.3 is 0 Å². The van der Waals surface area contributed by atoms with E-state index in [0.717, 1.165) is 34.7 Å². The molecule has 3 heterocycles. The molecule has 23 heavy (non-hydrogen) atoms. The zero-order valence-electron chi connectivity index (χ0n) is 12.7. The van der Waals surface area contributed by atoms with E-state index in [0.29, 0.717) is 18.1 Å². The molecule has 0 spiro atoms. The Hall–Kier alpha value is -2.47. The van der Waals surface area contributed by atoms with E-state index in [2.05, 4.69) is 16.2 Å². The third-order valence-corrected chi connectivity index (χ3v) is 4.84. The number of rotatable bonds is 3. The SMILES string of the molecule is Cc1nc(-c2ccc3c(c2)CCN3C(=O)Cc2cccs2)no1. The molecule has 1 aliphatic rings. The highest BCUT2D eigenvalue weighted by atomic mass is 32.1. The highest BCUT2D eigenvalue weighted by Crippen LogP contribution is 2.32. The number of hydrogen-bond acceptors (Lipinski definition) is 5. The Morgan fingerprint density at radius 1 is 1.39 bits per heavy atom. The molecule has 3 aromatic rings. The van der Waals surface area contributed by atoms with Gasteiger partial charge in [0.15, 0.2) is 0 Å². The Kier molecular flexibility index (Phi) is 3.46. The van der Waals surface area contributed by atoms with Crippen molar-refractivity contribution in [3.8, 4) is 11.4 Å². The van der Waals surface area contributed by atoms with Crippen LogP contribution in [0.1, 0.15) is 16.3 Å². The normalized spacial score (nSPS) is 13.3. The van der Waals surface area contributed by atoms with Gasteiger partial charge in [-0.05, 0) is 41.6 Å². The lowest BCUT2D eigenvalue weighted by Crippen LogP contribution is -2.30. The predicted molar refractivity (Wildman–Crippen MR) is 88.6 cm³/mol. The third kappa shape index (κ3) is 2.66. The maximum atomic E-state index is 12.5. The number of carbonyl (C=O) groups is 1. The van der Waals surface area contributed by atoms with Crippen LogP contribution in [0.15, 0.2) is 40.2 Å². The second-order valence-corrected chi connectivity index (χ2v) is 6.56. The van der Waals surface area contributed by atoms with Crippen molar-refractivity contribution in [1.82, 2.24) is 10.1 Å². The number of fused-ring (bicyclic) bond motifs is 1. The second kappa shape index (κ2) is 5.62. The number of anilines is 1. The largest absolute Gasteiger partial charge is 0.339 e. The summed E-state index contributed by atoms with van der Waals surface area (Å²) in [7, 11) is 0. The molecule has 116 valence electrons. The zero-order valence-corrected chi connectivity index (χ0v) is 13.5. The average Bonchev–Trinajstić information content (AvgIpc) is 3.26. The molecule has 0 N–H and O–H groups in total. The van der Waals surface area contributed by atoms with E-state index in [1.165, 1.54) is 0 Å². The van der Waals surface area contributed by atoms with E-state index in [-0.39, 0.29) is 5.91 Å². The van der Waals surface area contributed by atoms with Crippen molar-refractivity contribution in [2.24, 2.45) is 0 Å². The van der Waals surface area contributed by atoms with Crippen LogP contribution in [-0.4, -0.2) is 22.6 Å². The highest BCUT2D eigenvalue weighted by Gasteiger charge is 2.25. The standard InChI is InChI=1S/C17H15N3O2S/c1-11-18-17(19-22-11)13-4-5-15-12(9-13)6-7-20(15)16(21)10-14-3-2-8-23-14/h2-5,8-9H,6-7,10H2,1H3. The fraction of sp³-hybridized carbons (Fsp3) is 0.235. The van der Waals surface area contributed by atoms with Gasteiger partial charge in [-0.25, -0.2) is 0 Å². The van der Waals surface area contributed by atoms with Crippen LogP contribution in [0.25, 0.3) is 11.4 Å². The van der Waals surface area contributed by atoms with Gasteiger partial charge in [0, 0.05) is 29.6 Å². The van der Waals surface area contributed by atoms with Crippen LogP contribution < -0.4 is 4.90 Å². The van der Waals surface area contributed by atoms with Crippen molar-refractivity contribution in [2.75, 3.05) is 11.4 Å². The minimum Gasteiger partial charge on any atom is -0.339 e. The molecule has 0 saturated carbocycles. The fourth-order valence-electron chi connectivity index (χ4n) is 2.87. The van der Waals surface area contributed by atoms with Gasteiger partial charge in [-0.1, -0.05) is 11.2 Å². The predicted octanol–water partition coefficient (Wildman–Crippen LogP) is 3.24. The molecule has 5 nitrogen and oxygen atoms in total. The van der Waals surface area contributed by atoms with Gasteiger partial charge in [-0.3, -0.25) is 4.79 Å². The summed E-state index contributed by atoms with van der Waals surface area (Å²) in [4.78, 5) is 19.8. The first-order chi connectivity index (χ1) is 11.2. The molecule has 0 aliphatic carbocycles. The van der Waals surface area contributed by atoms with E-state index < -0.39 is 0 Å². The maximum absolute atomic E-state index is 12.5. The summed E-state index contributed by atoms with van der Waals surface area (Å²) in [5.41, 5.74) is 3.08. The van der Waals surface area contributed by atoms with Crippen LogP contribution in [0.4, 0.5) is 5.69 Å². The van der Waals surface area contributed by atoms with Crippen LogP contribution >= 0.6 is 11.3 Å². The van der Waals surface area contributed by atoms with Crippen LogP contribution in [0.3, 0.4) is 0 Å². The first-order valence-electron chi connectivity index (χ1n) is 7.47. The van der Waals surface area contributed by atoms with E-state index in [1.54, 1.807) is 18.3 Å². The summed E-state index contributed by atoms with van der Waals surface area (Å²) in [6, 6.07) is 9.96. The lowest BCUT2D eigenvalue weighted by atomic mass is 10.1. The van der Waals surface area contributed by atoms with Crippen LogP contribution in [-0.2, 0) is 17.6 Å². The number of hydrogen-bond donors (Lipinski definition) is 0. The van der Waals surface area contributed by atoms with Crippen LogP contribution in [0, 0.1) is 6.92 Å². The fourth-order valence-corrected chi connectivity index (χ4v) is 3.57. The van der Waals surface area contributed by atoms with E-state index in [4.69, 9.17) is 4.52 Å². The van der Waals surface area contributed by atoms with Crippen molar-refractivity contribution in [2.45, 2.75) is 19.8 Å². The Balaban J connectivity index is 1.58. The minimum atomic E-state index is 0.148. The second-order valence-electron chi connectivity index (χ2n) is 5.53. The van der Waals surface area contributed by atoms with Crippen LogP contribution in [0.2, 0.25) is 0 Å². The number of nitrogens with zero attached hydrogens (tertiary/aromatic N) is 3. The van der Waals surface area contributed by atoms with Crippen molar-refractivity contribution >= 4 is 22.9 Å². The number of carbonyl (C=O) groups excluding carboxylic acids is 1. The maximum Gasteiger partial charge on any atom is 0.232 e. The molecule has 0 bridgehead atoms. The Morgan fingerprint density at radius 2 is 2.30 bits per heavy atom. The molecule has 1 aliphatic heterocycles. The van der Waals surface area contributed by atoms with Gasteiger partial charge < -0.3 is 9.42 Å². The topological polar surface area (TPSA) is 59.2 Å². The summed E-state index contributed by atoms with van der Waals surface area (Å²) in [6.45, 7) is 2.50. The van der Waals surface area contributed by atoms with E-state index in [9.17, 15) is 4.79 Å². The highest BCUT2D eigenvalue weighted by molar-refractivity contribution is 7.10. The molecule has 6 heteroatoms. The van der Waals surface area contributed by atoms with Crippen molar-refractivity contribution in [1.29, 1.82) is 0 Å². The number of thiophene rings is 1. The summed E-state index contributed by atoms with van der Waals surface area (Å²) in [6.07, 6.45) is 1.32. The molecule has 2 aromatic heterocycles. The summed E-state index contributed by atoms with van der Waals surface area (Å²) in [5, 5.41) is 5.95. The molecule has 0 saturated heterocycles. The Labute approximate surface area is 137 Å². The molecule has 0 atom stereocenters. The van der Waals surface area contributed by atoms with Gasteiger partial charge in [0.05, 0.1) is 6.42 Å². The van der Waals surface area contributed by atoms with E-state index >= 15 is 0 Å². The van der Waals surface area contributed by atoms with Gasteiger partial charge in [-0.15, -0.1) is 11.3 Å². The zero-order chi connectivity index (χ0) is 15.8. The molecule has 0 radical (unpaired) electrons. The lowest BCUT2D eigenvalue weighted by Gasteiger charge is -2.17. The molecule has 1 aromatic carbocycles. The molecular formula is C17H15N3O2S. The monoisotopic (exact) mass is 325 g/mol. The van der Waals surface area contributed by atoms with Crippen molar-refractivity contribution in [3.05, 3.63) is 52.0 Å². The molecule has 1 amide bonds. The number of amides is 1. The van der Waals surface area contributed by atoms with Gasteiger partial charge in [0.2, 0.25) is 17.6 Å². The average molecular weight is 325 g/mol. The van der Waals surface area contributed by atoms with E-state index in [1.807, 2.05) is 34.5 Å². The number of benzene rings is 1. The Bertz CT molecular complexity index is 855. The van der Waals surface area contributed by atoms with Crippen molar-refractivity contribution in [3.63, 3.8) is 0 Å². The summed E-state index contributed by atoms with van der Waals surface area (Å²) in [5.74, 6) is 1.29. The summed E-state index contributed by atoms with van der Waals surface area (Å²) >= 11 is 1.62. The van der Waals surface area contributed by atoms with Gasteiger partial charge in [-0.2, -0.15) is 4.98 Å². The minimum absolute atomic E-state index is 0.148. The third-order valence-electron chi connectivity index (χ3n) is 3.97. The lowest BCUT2D eigenvalue weighted by molar-refractivity contribution is -0.117. The first-order valence-corrected chi connectivity index (χ1v) is 8.35. The molecule has 4 rings (SSSR count). The van der Waals surface area contributed by atoms with Gasteiger partial charge in [0.1, 0.15) is 0 Å². The molecular weight excluding hydrogens is 310 g/mol. The molecule has 0 fully saturated rings. The Morgan fingerprint density at radius 3 is 3.04 bits per heavy atom. The molecule has 0 unspecified atom stereocenters.